The van der Waals surface area contributed by atoms with Gasteiger partial charge in [-0.15, -0.1) is 0 Å². The molecule has 0 bridgehead atoms. The van der Waals surface area contributed by atoms with E-state index >= 15 is 0 Å². The van der Waals surface area contributed by atoms with Gasteiger partial charge < -0.3 is 5.32 Å². The molecule has 0 aliphatic heterocycles. The summed E-state index contributed by atoms with van der Waals surface area (Å²) in [5.41, 5.74) is 3.11. The number of aromatic nitrogens is 2. The zero-order valence-corrected chi connectivity index (χ0v) is 15.8. The normalized spacial score (nSPS) is 11.2. The Labute approximate surface area is 157 Å². The van der Waals surface area contributed by atoms with Gasteiger partial charge in [0.05, 0.1) is 4.90 Å². The molecule has 7 nitrogen and oxygen atoms in total. The molecule has 1 amide bonds. The van der Waals surface area contributed by atoms with Crippen LogP contribution in [0.4, 0.5) is 11.4 Å². The molecule has 0 aliphatic rings. The van der Waals surface area contributed by atoms with E-state index in [1.54, 1.807) is 54.6 Å². The number of aryl methyl sites for hydroxylation is 2. The molecule has 0 radical (unpaired) electrons. The van der Waals surface area contributed by atoms with E-state index in [-0.39, 0.29) is 10.8 Å². The summed E-state index contributed by atoms with van der Waals surface area (Å²) in [6.45, 7) is 3.86. The van der Waals surface area contributed by atoms with Crippen LogP contribution in [0.1, 0.15) is 28.7 Å². The van der Waals surface area contributed by atoms with Crippen molar-refractivity contribution < 1.29 is 13.2 Å². The Morgan fingerprint density at radius 1 is 1.04 bits per heavy atom. The third-order valence-corrected chi connectivity index (χ3v) is 5.37. The first-order chi connectivity index (χ1) is 12.9. The molecule has 0 aliphatic carbocycles. The lowest BCUT2D eigenvalue weighted by Crippen LogP contribution is -2.14. The molecule has 1 aromatic heterocycles. The molecule has 3 N–H and O–H groups in total. The van der Waals surface area contributed by atoms with E-state index in [1.165, 1.54) is 0 Å². The fraction of sp³-hybridized carbons (Fsp3) is 0.158. The highest BCUT2D eigenvalue weighted by molar-refractivity contribution is 7.92. The minimum absolute atomic E-state index is 0.190. The number of rotatable bonds is 6. The predicted octanol–water partition coefficient (Wildman–Crippen LogP) is 3.33. The second-order valence-corrected chi connectivity index (χ2v) is 7.76. The zero-order valence-electron chi connectivity index (χ0n) is 15.0. The summed E-state index contributed by atoms with van der Waals surface area (Å²) in [7, 11) is -3.66. The summed E-state index contributed by atoms with van der Waals surface area (Å²) in [6, 6.07) is 14.7. The van der Waals surface area contributed by atoms with Gasteiger partial charge in [0.2, 0.25) is 0 Å². The lowest BCUT2D eigenvalue weighted by atomic mass is 10.2. The Morgan fingerprint density at radius 3 is 2.26 bits per heavy atom. The largest absolute Gasteiger partial charge is 0.321 e. The molecule has 3 rings (SSSR count). The summed E-state index contributed by atoms with van der Waals surface area (Å²) in [5.74, 6) is -0.334. The number of nitrogens with one attached hydrogen (secondary N) is 3. The van der Waals surface area contributed by atoms with E-state index in [2.05, 4.69) is 20.2 Å². The first kappa shape index (κ1) is 18.7. The SMILES string of the molecule is CCc1cc(C(=O)Nc2ccc(NS(=O)(=O)c3ccc(C)cc3)cc2)n[nH]1. The monoisotopic (exact) mass is 384 g/mol. The third kappa shape index (κ3) is 4.53. The quantitative estimate of drug-likeness (QED) is 0.606. The van der Waals surface area contributed by atoms with Crippen LogP contribution in [0.2, 0.25) is 0 Å². The smallest absolute Gasteiger partial charge is 0.276 e. The van der Waals surface area contributed by atoms with Crippen molar-refractivity contribution in [3.63, 3.8) is 0 Å². The number of carbonyl (C=O) groups is 1. The number of hydrogen-bond acceptors (Lipinski definition) is 4. The Morgan fingerprint density at radius 2 is 1.67 bits per heavy atom. The van der Waals surface area contributed by atoms with Crippen molar-refractivity contribution in [3.8, 4) is 0 Å². The number of benzene rings is 2. The summed E-state index contributed by atoms with van der Waals surface area (Å²) in [4.78, 5) is 12.4. The lowest BCUT2D eigenvalue weighted by Gasteiger charge is -2.09. The van der Waals surface area contributed by atoms with Crippen LogP contribution in [-0.2, 0) is 16.4 Å². The van der Waals surface area contributed by atoms with Crippen molar-refractivity contribution in [2.24, 2.45) is 0 Å². The van der Waals surface area contributed by atoms with Gasteiger partial charge in [0.15, 0.2) is 5.69 Å². The summed E-state index contributed by atoms with van der Waals surface area (Å²) in [6.07, 6.45) is 0.760. The second-order valence-electron chi connectivity index (χ2n) is 6.08. The van der Waals surface area contributed by atoms with Crippen molar-refractivity contribution in [1.29, 1.82) is 0 Å². The van der Waals surface area contributed by atoms with Crippen molar-refractivity contribution in [2.45, 2.75) is 25.2 Å². The number of amides is 1. The number of carbonyl (C=O) groups excluding carboxylic acids is 1. The molecule has 0 atom stereocenters. The highest BCUT2D eigenvalue weighted by atomic mass is 32.2. The van der Waals surface area contributed by atoms with Crippen LogP contribution in [0.25, 0.3) is 0 Å². The van der Waals surface area contributed by atoms with E-state index in [0.717, 1.165) is 17.7 Å². The molecule has 0 saturated carbocycles. The molecule has 2 aromatic carbocycles. The number of nitrogens with zero attached hydrogens (tertiary/aromatic N) is 1. The van der Waals surface area contributed by atoms with E-state index < -0.39 is 10.0 Å². The molecule has 8 heteroatoms. The van der Waals surface area contributed by atoms with Crippen molar-refractivity contribution in [3.05, 3.63) is 71.5 Å². The number of sulfonamides is 1. The van der Waals surface area contributed by atoms with Crippen LogP contribution < -0.4 is 10.0 Å². The Hall–Kier alpha value is -3.13. The van der Waals surface area contributed by atoms with Gasteiger partial charge in [0.25, 0.3) is 15.9 Å². The molecular weight excluding hydrogens is 364 g/mol. The molecule has 27 heavy (non-hydrogen) atoms. The number of hydrogen-bond donors (Lipinski definition) is 3. The van der Waals surface area contributed by atoms with Crippen molar-refractivity contribution in [1.82, 2.24) is 10.2 Å². The van der Waals surface area contributed by atoms with Crippen LogP contribution >= 0.6 is 0 Å². The van der Waals surface area contributed by atoms with Crippen LogP contribution in [0.15, 0.2) is 59.5 Å². The van der Waals surface area contributed by atoms with Gasteiger partial charge in [0, 0.05) is 17.1 Å². The third-order valence-electron chi connectivity index (χ3n) is 3.97. The molecule has 0 fully saturated rings. The molecule has 0 saturated heterocycles. The van der Waals surface area contributed by atoms with E-state index in [0.29, 0.717) is 17.1 Å². The van der Waals surface area contributed by atoms with Crippen LogP contribution in [-0.4, -0.2) is 24.5 Å². The molecule has 3 aromatic rings. The zero-order chi connectivity index (χ0) is 19.4. The average molecular weight is 384 g/mol. The van der Waals surface area contributed by atoms with Crippen LogP contribution in [0, 0.1) is 6.92 Å². The molecule has 0 spiro atoms. The fourth-order valence-corrected chi connectivity index (χ4v) is 3.47. The Bertz CT molecular complexity index is 1040. The first-order valence-corrected chi connectivity index (χ1v) is 9.91. The maximum atomic E-state index is 12.4. The maximum Gasteiger partial charge on any atom is 0.276 e. The van der Waals surface area contributed by atoms with Crippen LogP contribution in [0.5, 0.6) is 0 Å². The average Bonchev–Trinajstić information content (AvgIpc) is 3.13. The van der Waals surface area contributed by atoms with Gasteiger partial charge in [-0.3, -0.25) is 14.6 Å². The van der Waals surface area contributed by atoms with E-state index in [4.69, 9.17) is 0 Å². The molecule has 140 valence electrons. The van der Waals surface area contributed by atoms with E-state index in [9.17, 15) is 13.2 Å². The number of aromatic amines is 1. The summed E-state index contributed by atoms with van der Waals surface area (Å²) in [5, 5.41) is 9.47. The van der Waals surface area contributed by atoms with Gasteiger partial charge in [-0.1, -0.05) is 24.6 Å². The summed E-state index contributed by atoms with van der Waals surface area (Å²) >= 11 is 0. The lowest BCUT2D eigenvalue weighted by molar-refractivity contribution is 0.102. The first-order valence-electron chi connectivity index (χ1n) is 8.42. The highest BCUT2D eigenvalue weighted by Crippen LogP contribution is 2.19. The molecule has 1 heterocycles. The molecular formula is C19H20N4O3S. The minimum atomic E-state index is -3.66. The predicted molar refractivity (Wildman–Crippen MR) is 104 cm³/mol. The standard InChI is InChI=1S/C19H20N4O3S/c1-3-14-12-18(22-21-14)19(24)20-15-6-8-16(9-7-15)23-27(25,26)17-10-4-13(2)5-11-17/h4-12,23H,3H2,1-2H3,(H,20,24)(H,21,22). The van der Waals surface area contributed by atoms with Gasteiger partial charge >= 0.3 is 0 Å². The number of anilines is 2. The summed E-state index contributed by atoms with van der Waals surface area (Å²) < 4.78 is 27.3. The van der Waals surface area contributed by atoms with Crippen molar-refractivity contribution in [2.75, 3.05) is 10.0 Å². The fourth-order valence-electron chi connectivity index (χ4n) is 2.41. The van der Waals surface area contributed by atoms with Gasteiger partial charge in [-0.25, -0.2) is 8.42 Å². The minimum Gasteiger partial charge on any atom is -0.321 e. The highest BCUT2D eigenvalue weighted by Gasteiger charge is 2.14. The van der Waals surface area contributed by atoms with E-state index in [1.807, 2.05) is 13.8 Å². The Balaban J connectivity index is 1.68. The van der Waals surface area contributed by atoms with Gasteiger partial charge in [-0.2, -0.15) is 5.10 Å². The topological polar surface area (TPSA) is 104 Å². The van der Waals surface area contributed by atoms with Gasteiger partial charge in [-0.05, 0) is 55.8 Å². The van der Waals surface area contributed by atoms with Gasteiger partial charge in [0.1, 0.15) is 0 Å². The molecule has 0 unspecified atom stereocenters. The van der Waals surface area contributed by atoms with Crippen LogP contribution in [0.3, 0.4) is 0 Å². The van der Waals surface area contributed by atoms with Crippen molar-refractivity contribution >= 4 is 27.3 Å². The Kier molecular flexibility index (Phi) is 5.27. The maximum absolute atomic E-state index is 12.4. The second kappa shape index (κ2) is 7.63. The number of H-pyrrole nitrogens is 1.